The molecule has 2 rings (SSSR count). The number of nitrogens with zero attached hydrogens (tertiary/aromatic N) is 1. The van der Waals surface area contributed by atoms with Crippen molar-refractivity contribution in [3.63, 3.8) is 0 Å². The van der Waals surface area contributed by atoms with Gasteiger partial charge < -0.3 is 0 Å². The van der Waals surface area contributed by atoms with E-state index in [-0.39, 0.29) is 0 Å². The van der Waals surface area contributed by atoms with E-state index in [0.29, 0.717) is 11.4 Å². The van der Waals surface area contributed by atoms with E-state index in [1.54, 1.807) is 12.1 Å². The van der Waals surface area contributed by atoms with Gasteiger partial charge >= 0.3 is 0 Å². The van der Waals surface area contributed by atoms with Crippen LogP contribution in [0.2, 0.25) is 10.0 Å². The first-order chi connectivity index (χ1) is 9.97. The van der Waals surface area contributed by atoms with Gasteiger partial charge in [-0.15, -0.1) is 0 Å². The number of rotatable bonds is 2. The highest BCUT2D eigenvalue weighted by atomic mass is 79.9. The maximum atomic E-state index is 8.41. The summed E-state index contributed by atoms with van der Waals surface area (Å²) in [6, 6.07) is 13.2. The zero-order valence-electron chi connectivity index (χ0n) is 10.7. The molecule has 0 spiro atoms. The predicted octanol–water partition coefficient (Wildman–Crippen LogP) is 7.17. The zero-order valence-corrected chi connectivity index (χ0v) is 17.0. The molecule has 0 atom stereocenters. The monoisotopic (exact) mass is 511 g/mol. The number of hydrogen-bond donors (Lipinski definition) is 0. The molecular weight excluding hydrogens is 505 g/mol. The molecule has 0 amide bonds. The lowest BCUT2D eigenvalue weighted by molar-refractivity contribution is 1.25. The molecule has 0 heterocycles. The van der Waals surface area contributed by atoms with E-state index in [2.05, 4.69) is 53.9 Å². The topological polar surface area (TPSA) is 23.8 Å². The van der Waals surface area contributed by atoms with Gasteiger partial charge in [0.15, 0.2) is 0 Å². The maximum absolute atomic E-state index is 8.41. The third-order valence-corrected chi connectivity index (χ3v) is 4.99. The lowest BCUT2D eigenvalue weighted by Gasteiger charge is -1.98. The molecule has 0 N–H and O–H groups in total. The van der Waals surface area contributed by atoms with E-state index < -0.39 is 0 Å². The Balaban J connectivity index is 0.000000211. The van der Waals surface area contributed by atoms with Crippen LogP contribution in [0.3, 0.4) is 0 Å². The van der Waals surface area contributed by atoms with Gasteiger partial charge in [-0.05, 0) is 35.4 Å². The third-order valence-electron chi connectivity index (χ3n) is 2.44. The minimum Gasteiger partial charge on any atom is -0.198 e. The van der Waals surface area contributed by atoms with Gasteiger partial charge in [0, 0.05) is 24.3 Å². The fourth-order valence-electron chi connectivity index (χ4n) is 1.38. The second-order valence-electron chi connectivity index (χ2n) is 3.94. The Labute approximate surface area is 159 Å². The molecule has 2 aromatic carbocycles. The Morgan fingerprint density at radius 2 is 1.38 bits per heavy atom. The number of nitriles is 1. The van der Waals surface area contributed by atoms with Crippen LogP contribution in [0.15, 0.2) is 45.3 Å². The Hall–Kier alpha value is -0.0500. The average molecular weight is 515 g/mol. The standard InChI is InChI=1S/C8H5BrClN.C7H5Br2Cl/c9-8-5-7(10)2-1-6(8)3-4-11;8-4-5-1-2-6(10)3-7(5)9/h1-2,5H,3H2;1-3H,4H2. The zero-order chi connectivity index (χ0) is 15.8. The molecule has 1 nitrogen and oxygen atoms in total. The van der Waals surface area contributed by atoms with Gasteiger partial charge in [-0.2, -0.15) is 5.26 Å². The minimum atomic E-state index is 0.414. The average Bonchev–Trinajstić information content (AvgIpc) is 2.43. The quantitative estimate of drug-likeness (QED) is 0.390. The van der Waals surface area contributed by atoms with Gasteiger partial charge in [0.2, 0.25) is 0 Å². The highest BCUT2D eigenvalue weighted by molar-refractivity contribution is 9.11. The summed E-state index contributed by atoms with van der Waals surface area (Å²) >= 11 is 21.5. The van der Waals surface area contributed by atoms with E-state index in [1.165, 1.54) is 5.56 Å². The van der Waals surface area contributed by atoms with Crippen molar-refractivity contribution in [2.45, 2.75) is 11.8 Å². The van der Waals surface area contributed by atoms with E-state index in [4.69, 9.17) is 28.5 Å². The van der Waals surface area contributed by atoms with Gasteiger partial charge in [0.1, 0.15) is 0 Å². The predicted molar refractivity (Wildman–Crippen MR) is 100 cm³/mol. The molecule has 0 saturated heterocycles. The van der Waals surface area contributed by atoms with Crippen molar-refractivity contribution in [1.82, 2.24) is 0 Å². The molecule has 0 fully saturated rings. The fraction of sp³-hybridized carbons (Fsp3) is 0.133. The summed E-state index contributed by atoms with van der Waals surface area (Å²) in [6.07, 6.45) is 0.414. The smallest absolute Gasteiger partial charge is 0.0670 e. The molecular formula is C15H10Br3Cl2N. The van der Waals surface area contributed by atoms with E-state index >= 15 is 0 Å². The molecule has 0 aliphatic rings. The van der Waals surface area contributed by atoms with Crippen LogP contribution >= 0.6 is 71.0 Å². The molecule has 0 bridgehead atoms. The maximum Gasteiger partial charge on any atom is 0.0670 e. The van der Waals surface area contributed by atoms with Crippen LogP contribution in [0.25, 0.3) is 0 Å². The van der Waals surface area contributed by atoms with Crippen LogP contribution in [0.1, 0.15) is 11.1 Å². The summed E-state index contributed by atoms with van der Waals surface area (Å²) in [5.74, 6) is 0. The number of hydrogen-bond acceptors (Lipinski definition) is 1. The van der Waals surface area contributed by atoms with Crippen molar-refractivity contribution >= 4 is 71.0 Å². The summed E-state index contributed by atoms with van der Waals surface area (Å²) in [5.41, 5.74) is 2.18. The lowest BCUT2D eigenvalue weighted by Crippen LogP contribution is -1.82. The summed E-state index contributed by atoms with van der Waals surface area (Å²) in [6.45, 7) is 0. The minimum absolute atomic E-state index is 0.414. The highest BCUT2D eigenvalue weighted by Crippen LogP contribution is 2.23. The Bertz CT molecular complexity index is 654. The van der Waals surface area contributed by atoms with Crippen molar-refractivity contribution in [3.05, 3.63) is 66.5 Å². The normalized spacial score (nSPS) is 9.52. The first-order valence-electron chi connectivity index (χ1n) is 5.78. The second-order valence-corrected chi connectivity index (χ2v) is 7.08. The Morgan fingerprint density at radius 3 is 1.76 bits per heavy atom. The van der Waals surface area contributed by atoms with E-state index in [0.717, 1.165) is 24.9 Å². The van der Waals surface area contributed by atoms with Crippen molar-refractivity contribution in [2.75, 3.05) is 0 Å². The van der Waals surface area contributed by atoms with Gasteiger partial charge in [-0.3, -0.25) is 0 Å². The highest BCUT2D eigenvalue weighted by Gasteiger charge is 1.98. The molecule has 0 aliphatic carbocycles. The van der Waals surface area contributed by atoms with Crippen LogP contribution in [0, 0.1) is 11.3 Å². The summed E-state index contributed by atoms with van der Waals surface area (Å²) in [5, 5.41) is 10.7. The molecule has 0 unspecified atom stereocenters. The first kappa shape index (κ1) is 19.0. The van der Waals surface area contributed by atoms with Gasteiger partial charge in [-0.25, -0.2) is 0 Å². The van der Waals surface area contributed by atoms with Crippen molar-refractivity contribution in [2.24, 2.45) is 0 Å². The second kappa shape index (κ2) is 9.86. The molecule has 0 aliphatic heterocycles. The van der Waals surface area contributed by atoms with Crippen molar-refractivity contribution in [3.8, 4) is 6.07 Å². The van der Waals surface area contributed by atoms with Crippen LogP contribution < -0.4 is 0 Å². The van der Waals surface area contributed by atoms with Gasteiger partial charge in [0.25, 0.3) is 0 Å². The summed E-state index contributed by atoms with van der Waals surface area (Å²) in [4.78, 5) is 0. The van der Waals surface area contributed by atoms with Crippen LogP contribution in [0.4, 0.5) is 0 Å². The molecule has 0 radical (unpaired) electrons. The van der Waals surface area contributed by atoms with Crippen LogP contribution in [-0.2, 0) is 11.8 Å². The fourth-order valence-corrected chi connectivity index (χ4v) is 3.89. The Kier molecular flexibility index (Phi) is 8.92. The summed E-state index contributed by atoms with van der Waals surface area (Å²) in [7, 11) is 0. The lowest BCUT2D eigenvalue weighted by atomic mass is 10.2. The molecule has 0 saturated carbocycles. The van der Waals surface area contributed by atoms with Crippen LogP contribution in [-0.4, -0.2) is 0 Å². The summed E-state index contributed by atoms with van der Waals surface area (Å²) < 4.78 is 1.95. The van der Waals surface area contributed by atoms with Gasteiger partial charge in [0.05, 0.1) is 12.5 Å². The molecule has 21 heavy (non-hydrogen) atoms. The van der Waals surface area contributed by atoms with Crippen molar-refractivity contribution < 1.29 is 0 Å². The number of halogens is 5. The van der Waals surface area contributed by atoms with Crippen molar-refractivity contribution in [1.29, 1.82) is 5.26 Å². The largest absolute Gasteiger partial charge is 0.198 e. The molecule has 6 heteroatoms. The first-order valence-corrected chi connectivity index (χ1v) is 9.25. The SMILES string of the molecule is Clc1ccc(CBr)c(Br)c1.N#CCc1ccc(Cl)cc1Br. The number of benzene rings is 2. The van der Waals surface area contributed by atoms with Gasteiger partial charge in [-0.1, -0.05) is 83.1 Å². The molecule has 0 aromatic heterocycles. The third kappa shape index (κ3) is 6.71. The Morgan fingerprint density at radius 1 is 0.905 bits per heavy atom. The van der Waals surface area contributed by atoms with E-state index in [9.17, 15) is 0 Å². The molecule has 110 valence electrons. The molecule has 2 aromatic rings. The van der Waals surface area contributed by atoms with E-state index in [1.807, 2.05) is 24.3 Å². The van der Waals surface area contributed by atoms with Crippen LogP contribution in [0.5, 0.6) is 0 Å². The number of alkyl halides is 1.